The zero-order chi connectivity index (χ0) is 13.1. The van der Waals surface area contributed by atoms with Crippen LogP contribution in [-0.2, 0) is 4.79 Å². The molecule has 3 heteroatoms. The van der Waals surface area contributed by atoms with Gasteiger partial charge in [-0.2, -0.15) is 0 Å². The molecule has 0 bridgehead atoms. The van der Waals surface area contributed by atoms with Gasteiger partial charge in [0, 0.05) is 4.88 Å². The van der Waals surface area contributed by atoms with Crippen molar-refractivity contribution in [2.24, 2.45) is 0 Å². The summed E-state index contributed by atoms with van der Waals surface area (Å²) < 4.78 is 0. The van der Waals surface area contributed by atoms with E-state index in [4.69, 9.17) is 0 Å². The van der Waals surface area contributed by atoms with Crippen molar-refractivity contribution in [3.8, 4) is 0 Å². The maximum Gasteiger partial charge on any atom is 0.337 e. The first-order chi connectivity index (χ1) is 8.58. The van der Waals surface area contributed by atoms with Gasteiger partial charge in [-0.15, -0.1) is 11.3 Å². The van der Waals surface area contributed by atoms with Gasteiger partial charge in [-0.05, 0) is 42.5 Å². The fourth-order valence-electron chi connectivity index (χ4n) is 1.81. The lowest BCUT2D eigenvalue weighted by molar-refractivity contribution is -0.130. The number of hydrogen-bond acceptors (Lipinski definition) is 2. The first-order valence-corrected chi connectivity index (χ1v) is 6.52. The molecule has 0 fully saturated rings. The van der Waals surface area contributed by atoms with Crippen molar-refractivity contribution < 1.29 is 9.90 Å². The lowest BCUT2D eigenvalue weighted by Gasteiger charge is -2.04. The van der Waals surface area contributed by atoms with Crippen LogP contribution in [0.4, 0.5) is 0 Å². The maximum atomic E-state index is 11.3. The molecule has 2 rings (SSSR count). The molecule has 0 atom stereocenters. The number of aryl methyl sites for hydroxylation is 2. The molecule has 1 heterocycles. The second-order valence-electron chi connectivity index (χ2n) is 4.20. The molecule has 2 nitrogen and oxygen atoms in total. The summed E-state index contributed by atoms with van der Waals surface area (Å²) in [6, 6.07) is 9.70. The van der Waals surface area contributed by atoms with E-state index in [-0.39, 0.29) is 0 Å². The van der Waals surface area contributed by atoms with E-state index in [9.17, 15) is 9.90 Å². The van der Waals surface area contributed by atoms with E-state index in [1.807, 2.05) is 43.5 Å². The van der Waals surface area contributed by atoms with Gasteiger partial charge in [-0.3, -0.25) is 0 Å². The van der Waals surface area contributed by atoms with Crippen LogP contribution in [0.15, 0.2) is 35.7 Å². The SMILES string of the molecule is Cc1ccc(/C=C(\C(=O)O)c2cccs2)c(C)c1. The third-order valence-electron chi connectivity index (χ3n) is 2.74. The largest absolute Gasteiger partial charge is 0.478 e. The van der Waals surface area contributed by atoms with Gasteiger partial charge in [0.2, 0.25) is 0 Å². The van der Waals surface area contributed by atoms with Crippen LogP contribution in [0.5, 0.6) is 0 Å². The van der Waals surface area contributed by atoms with E-state index in [2.05, 4.69) is 6.07 Å². The van der Waals surface area contributed by atoms with Gasteiger partial charge in [0.25, 0.3) is 0 Å². The summed E-state index contributed by atoms with van der Waals surface area (Å²) in [4.78, 5) is 12.1. The molecule has 0 radical (unpaired) electrons. The Morgan fingerprint density at radius 2 is 2.06 bits per heavy atom. The molecular weight excluding hydrogens is 244 g/mol. The number of aliphatic carboxylic acids is 1. The van der Waals surface area contributed by atoms with E-state index in [0.29, 0.717) is 5.57 Å². The number of benzene rings is 1. The number of carboxylic acids is 1. The summed E-state index contributed by atoms with van der Waals surface area (Å²) in [5.74, 6) is -0.891. The predicted octanol–water partition coefficient (Wildman–Crippen LogP) is 3.99. The maximum absolute atomic E-state index is 11.3. The molecule has 0 aliphatic carbocycles. The van der Waals surface area contributed by atoms with Gasteiger partial charge in [-0.25, -0.2) is 4.79 Å². The summed E-state index contributed by atoms with van der Waals surface area (Å²) >= 11 is 1.44. The highest BCUT2D eigenvalue weighted by Crippen LogP contribution is 2.24. The average molecular weight is 258 g/mol. The van der Waals surface area contributed by atoms with Crippen LogP contribution in [0.2, 0.25) is 0 Å². The summed E-state index contributed by atoms with van der Waals surface area (Å²) in [6.07, 6.45) is 1.74. The Bertz CT molecular complexity index is 595. The summed E-state index contributed by atoms with van der Waals surface area (Å²) in [5.41, 5.74) is 3.56. The van der Waals surface area contributed by atoms with Crippen molar-refractivity contribution in [2.75, 3.05) is 0 Å². The Kier molecular flexibility index (Phi) is 3.63. The smallest absolute Gasteiger partial charge is 0.337 e. The Morgan fingerprint density at radius 1 is 1.28 bits per heavy atom. The van der Waals surface area contributed by atoms with Crippen molar-refractivity contribution in [2.45, 2.75) is 13.8 Å². The molecule has 18 heavy (non-hydrogen) atoms. The first-order valence-electron chi connectivity index (χ1n) is 5.64. The molecule has 1 N–H and O–H groups in total. The molecule has 0 saturated heterocycles. The fourth-order valence-corrected chi connectivity index (χ4v) is 2.55. The highest BCUT2D eigenvalue weighted by Gasteiger charge is 2.11. The third-order valence-corrected chi connectivity index (χ3v) is 3.65. The van der Waals surface area contributed by atoms with Gasteiger partial charge >= 0.3 is 5.97 Å². The molecule has 1 aromatic carbocycles. The highest BCUT2D eigenvalue weighted by atomic mass is 32.1. The van der Waals surface area contributed by atoms with Crippen molar-refractivity contribution >= 4 is 29.0 Å². The minimum absolute atomic E-state index is 0.344. The highest BCUT2D eigenvalue weighted by molar-refractivity contribution is 7.11. The molecule has 0 saturated carbocycles. The van der Waals surface area contributed by atoms with Crippen LogP contribution in [-0.4, -0.2) is 11.1 Å². The normalized spacial score (nSPS) is 11.6. The first kappa shape index (κ1) is 12.6. The summed E-state index contributed by atoms with van der Waals surface area (Å²) in [7, 11) is 0. The summed E-state index contributed by atoms with van der Waals surface area (Å²) in [6.45, 7) is 4.02. The summed E-state index contributed by atoms with van der Waals surface area (Å²) in [5, 5.41) is 11.2. The van der Waals surface area contributed by atoms with Crippen LogP contribution in [0.25, 0.3) is 11.6 Å². The van der Waals surface area contributed by atoms with Crippen molar-refractivity contribution in [3.05, 3.63) is 57.3 Å². The van der Waals surface area contributed by atoms with Gasteiger partial charge < -0.3 is 5.11 Å². The van der Waals surface area contributed by atoms with Crippen LogP contribution < -0.4 is 0 Å². The van der Waals surface area contributed by atoms with E-state index in [0.717, 1.165) is 16.0 Å². The quantitative estimate of drug-likeness (QED) is 0.845. The second-order valence-corrected chi connectivity index (χ2v) is 5.15. The van der Waals surface area contributed by atoms with Crippen LogP contribution >= 0.6 is 11.3 Å². The minimum Gasteiger partial charge on any atom is -0.478 e. The van der Waals surface area contributed by atoms with E-state index in [1.54, 1.807) is 6.08 Å². The van der Waals surface area contributed by atoms with Crippen molar-refractivity contribution in [1.82, 2.24) is 0 Å². The number of thiophene rings is 1. The molecule has 0 aliphatic rings. The van der Waals surface area contributed by atoms with Gasteiger partial charge in [0.15, 0.2) is 0 Å². The topological polar surface area (TPSA) is 37.3 Å². The van der Waals surface area contributed by atoms with Gasteiger partial charge in [0.1, 0.15) is 0 Å². The standard InChI is InChI=1S/C15H14O2S/c1-10-5-6-12(11(2)8-10)9-13(15(16)17)14-4-3-7-18-14/h3-9H,1-2H3,(H,16,17)/b13-9-. The monoisotopic (exact) mass is 258 g/mol. The second kappa shape index (κ2) is 5.19. The molecule has 0 unspecified atom stereocenters. The lowest BCUT2D eigenvalue weighted by Crippen LogP contribution is -1.98. The van der Waals surface area contributed by atoms with Crippen LogP contribution in [0, 0.1) is 13.8 Å². The van der Waals surface area contributed by atoms with E-state index >= 15 is 0 Å². The molecule has 0 amide bonds. The number of hydrogen-bond donors (Lipinski definition) is 1. The van der Waals surface area contributed by atoms with Crippen LogP contribution in [0.3, 0.4) is 0 Å². The minimum atomic E-state index is -0.891. The Labute approximate surface area is 110 Å². The molecule has 0 aliphatic heterocycles. The van der Waals surface area contributed by atoms with Crippen molar-refractivity contribution in [3.63, 3.8) is 0 Å². The van der Waals surface area contributed by atoms with Crippen molar-refractivity contribution in [1.29, 1.82) is 0 Å². The zero-order valence-electron chi connectivity index (χ0n) is 10.3. The molecule has 92 valence electrons. The molecule has 0 spiro atoms. The van der Waals surface area contributed by atoms with Gasteiger partial charge in [0.05, 0.1) is 5.57 Å². The number of carbonyl (C=O) groups is 1. The third kappa shape index (κ3) is 2.68. The number of rotatable bonds is 3. The Balaban J connectivity index is 2.49. The van der Waals surface area contributed by atoms with Gasteiger partial charge in [-0.1, -0.05) is 29.8 Å². The predicted molar refractivity (Wildman–Crippen MR) is 75.7 cm³/mol. The molecule has 1 aromatic heterocycles. The Hall–Kier alpha value is -1.87. The Morgan fingerprint density at radius 3 is 2.61 bits per heavy atom. The van der Waals surface area contributed by atoms with Crippen LogP contribution in [0.1, 0.15) is 21.6 Å². The lowest BCUT2D eigenvalue weighted by atomic mass is 10.0. The van der Waals surface area contributed by atoms with E-state index in [1.165, 1.54) is 16.9 Å². The zero-order valence-corrected chi connectivity index (χ0v) is 11.1. The fraction of sp³-hybridized carbons (Fsp3) is 0.133. The molecule has 2 aromatic rings. The average Bonchev–Trinajstić information content (AvgIpc) is 2.80. The molecular formula is C15H14O2S. The number of carboxylic acid groups (broad SMARTS) is 1. The van der Waals surface area contributed by atoms with E-state index < -0.39 is 5.97 Å².